The highest BCUT2D eigenvalue weighted by Gasteiger charge is 2.29. The number of amides is 1. The Morgan fingerprint density at radius 1 is 1.43 bits per heavy atom. The highest BCUT2D eigenvalue weighted by Crippen LogP contribution is 2.30. The van der Waals surface area contributed by atoms with Crippen LogP contribution in [0.5, 0.6) is 5.75 Å². The molecule has 23 heavy (non-hydrogen) atoms. The van der Waals surface area contributed by atoms with Gasteiger partial charge in [0.15, 0.2) is 0 Å². The van der Waals surface area contributed by atoms with Gasteiger partial charge in [-0.15, -0.1) is 0 Å². The number of hydrogen-bond acceptors (Lipinski definition) is 4. The molecule has 5 heteroatoms. The van der Waals surface area contributed by atoms with E-state index in [-0.39, 0.29) is 11.9 Å². The van der Waals surface area contributed by atoms with Crippen LogP contribution in [-0.2, 0) is 4.79 Å². The third-order valence-electron chi connectivity index (χ3n) is 4.13. The van der Waals surface area contributed by atoms with Crippen molar-refractivity contribution in [3.05, 3.63) is 29.8 Å². The number of nitrogens with one attached hydrogen (secondary N) is 1. The molecule has 1 aliphatic rings. The topological polar surface area (TPSA) is 41.6 Å². The molecule has 0 radical (unpaired) electrons. The van der Waals surface area contributed by atoms with Gasteiger partial charge >= 0.3 is 0 Å². The van der Waals surface area contributed by atoms with E-state index >= 15 is 0 Å². The Morgan fingerprint density at radius 2 is 2.22 bits per heavy atom. The van der Waals surface area contributed by atoms with E-state index in [4.69, 9.17) is 4.74 Å². The fraction of sp³-hybridized carbons (Fsp3) is 0.611. The lowest BCUT2D eigenvalue weighted by Gasteiger charge is -2.37. The van der Waals surface area contributed by atoms with Gasteiger partial charge in [-0.25, -0.2) is 0 Å². The van der Waals surface area contributed by atoms with Gasteiger partial charge in [0.2, 0.25) is 5.91 Å². The van der Waals surface area contributed by atoms with Gasteiger partial charge in [0.25, 0.3) is 0 Å². The molecule has 1 aliphatic heterocycles. The number of benzene rings is 1. The van der Waals surface area contributed by atoms with E-state index in [9.17, 15) is 4.79 Å². The second-order valence-corrected chi connectivity index (χ2v) is 7.39. The summed E-state index contributed by atoms with van der Waals surface area (Å²) < 4.78 is 5.48. The molecular weight excluding hydrogens is 308 g/mol. The first-order valence-electron chi connectivity index (χ1n) is 8.34. The minimum absolute atomic E-state index is 0.0538. The Hall–Kier alpha value is -1.20. The van der Waals surface area contributed by atoms with Crippen molar-refractivity contribution in [2.75, 3.05) is 38.2 Å². The van der Waals surface area contributed by atoms with Crippen LogP contribution in [0, 0.1) is 5.92 Å². The summed E-state index contributed by atoms with van der Waals surface area (Å²) in [4.78, 5) is 14.7. The van der Waals surface area contributed by atoms with Crippen LogP contribution >= 0.6 is 11.8 Å². The fourth-order valence-corrected chi connectivity index (χ4v) is 3.91. The van der Waals surface area contributed by atoms with E-state index in [1.807, 2.05) is 23.1 Å². The Bertz CT molecular complexity index is 508. The normalized spacial score (nSPS) is 18.3. The molecule has 1 amide bonds. The van der Waals surface area contributed by atoms with E-state index in [1.165, 1.54) is 0 Å². The first-order valence-corrected chi connectivity index (χ1v) is 9.49. The number of ether oxygens (including phenoxy) is 1. The molecule has 128 valence electrons. The minimum atomic E-state index is 0.0538. The van der Waals surface area contributed by atoms with Crippen LogP contribution in [0.1, 0.15) is 31.9 Å². The molecule has 2 rings (SSSR count). The molecule has 1 heterocycles. The predicted octanol–water partition coefficient (Wildman–Crippen LogP) is 2.95. The zero-order valence-corrected chi connectivity index (χ0v) is 15.2. The van der Waals surface area contributed by atoms with Gasteiger partial charge in [-0.1, -0.05) is 32.0 Å². The summed E-state index contributed by atoms with van der Waals surface area (Å²) in [6, 6.07) is 8.05. The average Bonchev–Trinajstić information content (AvgIpc) is 2.58. The molecule has 1 fully saturated rings. The van der Waals surface area contributed by atoms with Crippen molar-refractivity contribution < 1.29 is 9.53 Å². The van der Waals surface area contributed by atoms with Crippen molar-refractivity contribution in [3.8, 4) is 5.75 Å². The van der Waals surface area contributed by atoms with E-state index < -0.39 is 0 Å². The van der Waals surface area contributed by atoms with Crippen molar-refractivity contribution in [1.29, 1.82) is 0 Å². The summed E-state index contributed by atoms with van der Waals surface area (Å²) in [6.07, 6.45) is 1.16. The first-order chi connectivity index (χ1) is 11.1. The standard InChI is InChI=1S/C18H28N2O2S/c1-14(2)8-11-23-13-18(21)20-10-9-19-12-16(20)15-6-4-5-7-17(15)22-3/h4-7,14,16,19H,8-13H2,1-3H3. The van der Waals surface area contributed by atoms with Gasteiger partial charge in [0, 0.05) is 25.2 Å². The van der Waals surface area contributed by atoms with Crippen molar-refractivity contribution in [1.82, 2.24) is 10.2 Å². The maximum absolute atomic E-state index is 12.7. The Balaban J connectivity index is 2.01. The van der Waals surface area contributed by atoms with Gasteiger partial charge in [0.1, 0.15) is 5.75 Å². The summed E-state index contributed by atoms with van der Waals surface area (Å²) in [7, 11) is 1.68. The van der Waals surface area contributed by atoms with Gasteiger partial charge in [-0.2, -0.15) is 11.8 Å². The quantitative estimate of drug-likeness (QED) is 0.777. The van der Waals surface area contributed by atoms with Gasteiger partial charge < -0.3 is 15.0 Å². The monoisotopic (exact) mass is 336 g/mol. The number of thioether (sulfide) groups is 1. The van der Waals surface area contributed by atoms with Crippen LogP contribution in [0.2, 0.25) is 0 Å². The molecule has 1 N–H and O–H groups in total. The number of rotatable bonds is 7. The maximum Gasteiger partial charge on any atom is 0.233 e. The zero-order valence-electron chi connectivity index (χ0n) is 14.4. The smallest absolute Gasteiger partial charge is 0.233 e. The van der Waals surface area contributed by atoms with E-state index in [2.05, 4.69) is 25.2 Å². The molecule has 1 unspecified atom stereocenters. The third kappa shape index (κ3) is 5.15. The lowest BCUT2D eigenvalue weighted by atomic mass is 10.0. The van der Waals surface area contributed by atoms with Crippen molar-refractivity contribution >= 4 is 17.7 Å². The van der Waals surface area contributed by atoms with Crippen LogP contribution in [0.15, 0.2) is 24.3 Å². The number of carbonyl (C=O) groups excluding carboxylic acids is 1. The number of piperazine rings is 1. The molecular formula is C18H28N2O2S. The summed E-state index contributed by atoms with van der Waals surface area (Å²) in [5.74, 6) is 3.40. The number of hydrogen-bond donors (Lipinski definition) is 1. The lowest BCUT2D eigenvalue weighted by Crippen LogP contribution is -2.49. The number of methoxy groups -OCH3 is 1. The van der Waals surface area contributed by atoms with Crippen LogP contribution in [0.25, 0.3) is 0 Å². The summed E-state index contributed by atoms with van der Waals surface area (Å²) >= 11 is 1.75. The van der Waals surface area contributed by atoms with Crippen LogP contribution in [0.3, 0.4) is 0 Å². The van der Waals surface area contributed by atoms with Crippen molar-refractivity contribution in [2.45, 2.75) is 26.3 Å². The van der Waals surface area contributed by atoms with Crippen molar-refractivity contribution in [2.24, 2.45) is 5.92 Å². The highest BCUT2D eigenvalue weighted by molar-refractivity contribution is 7.99. The average molecular weight is 337 g/mol. The van der Waals surface area contributed by atoms with Crippen LogP contribution < -0.4 is 10.1 Å². The van der Waals surface area contributed by atoms with Gasteiger partial charge in [0.05, 0.1) is 18.9 Å². The van der Waals surface area contributed by atoms with Gasteiger partial charge in [-0.3, -0.25) is 4.79 Å². The molecule has 0 spiro atoms. The van der Waals surface area contributed by atoms with Crippen LogP contribution in [0.4, 0.5) is 0 Å². The van der Waals surface area contributed by atoms with Gasteiger partial charge in [-0.05, 0) is 24.2 Å². The lowest BCUT2D eigenvalue weighted by molar-refractivity contribution is -0.131. The number of para-hydroxylation sites is 1. The maximum atomic E-state index is 12.7. The second-order valence-electron chi connectivity index (χ2n) is 6.28. The van der Waals surface area contributed by atoms with Crippen molar-refractivity contribution in [3.63, 3.8) is 0 Å². The predicted molar refractivity (Wildman–Crippen MR) is 97.1 cm³/mol. The molecule has 0 bridgehead atoms. The second kappa shape index (κ2) is 9.18. The summed E-state index contributed by atoms with van der Waals surface area (Å²) in [6.45, 7) is 6.83. The fourth-order valence-electron chi connectivity index (χ4n) is 2.78. The first kappa shape index (κ1) is 18.1. The zero-order chi connectivity index (χ0) is 16.7. The molecule has 1 aromatic rings. The van der Waals surface area contributed by atoms with E-state index in [0.29, 0.717) is 11.7 Å². The Morgan fingerprint density at radius 3 is 2.96 bits per heavy atom. The minimum Gasteiger partial charge on any atom is -0.496 e. The molecule has 0 aliphatic carbocycles. The number of nitrogens with zero attached hydrogens (tertiary/aromatic N) is 1. The largest absolute Gasteiger partial charge is 0.496 e. The SMILES string of the molecule is COc1ccccc1C1CNCCN1C(=O)CSCCC(C)C. The van der Waals surface area contributed by atoms with Crippen LogP contribution in [-0.4, -0.2) is 49.1 Å². The highest BCUT2D eigenvalue weighted by atomic mass is 32.2. The number of carbonyl (C=O) groups is 1. The molecule has 1 saturated heterocycles. The summed E-state index contributed by atoms with van der Waals surface area (Å²) in [5.41, 5.74) is 1.09. The molecule has 1 aromatic carbocycles. The molecule has 1 atom stereocenters. The Kier molecular flexibility index (Phi) is 7.24. The molecule has 4 nitrogen and oxygen atoms in total. The Labute approximate surface area is 144 Å². The van der Waals surface area contributed by atoms with E-state index in [0.717, 1.165) is 43.1 Å². The third-order valence-corrected chi connectivity index (χ3v) is 5.10. The summed E-state index contributed by atoms with van der Waals surface area (Å²) in [5, 5.41) is 3.40. The van der Waals surface area contributed by atoms with E-state index in [1.54, 1.807) is 18.9 Å². The molecule has 0 saturated carbocycles. The molecule has 0 aromatic heterocycles.